The van der Waals surface area contributed by atoms with Gasteiger partial charge < -0.3 is 4.90 Å². The van der Waals surface area contributed by atoms with Crippen LogP contribution >= 0.6 is 15.9 Å². The van der Waals surface area contributed by atoms with E-state index in [-0.39, 0.29) is 5.91 Å². The van der Waals surface area contributed by atoms with Gasteiger partial charge in [-0.15, -0.1) is 0 Å². The monoisotopic (exact) mass is 318 g/mol. The topological polar surface area (TPSA) is 33.2 Å². The molecule has 1 fully saturated rings. The molecule has 98 valence electrons. The van der Waals surface area contributed by atoms with Crippen LogP contribution < -0.4 is 0 Å². The zero-order valence-corrected chi connectivity index (χ0v) is 12.1. The average molecular weight is 319 g/mol. The Bertz CT molecular complexity index is 609. The van der Waals surface area contributed by atoms with Crippen LogP contribution in [0.3, 0.4) is 0 Å². The fraction of sp³-hybridized carbons (Fsp3) is 0.333. The predicted octanol–water partition coefficient (Wildman–Crippen LogP) is 2.98. The van der Waals surface area contributed by atoms with Crippen molar-refractivity contribution in [3.8, 4) is 0 Å². The molecule has 3 nitrogen and oxygen atoms in total. The molecule has 0 spiro atoms. The molecule has 0 N–H and O–H groups in total. The van der Waals surface area contributed by atoms with Gasteiger partial charge in [0, 0.05) is 29.9 Å². The fourth-order valence-electron chi connectivity index (χ4n) is 2.60. The molecule has 0 radical (unpaired) electrons. The minimum Gasteiger partial charge on any atom is -0.336 e. The SMILES string of the molecule is O=C1CC(CBr)CN1Cc1nccc2ccccc12. The van der Waals surface area contributed by atoms with E-state index < -0.39 is 0 Å². The van der Waals surface area contributed by atoms with Crippen molar-refractivity contribution in [2.75, 3.05) is 11.9 Å². The fourth-order valence-corrected chi connectivity index (χ4v) is 3.03. The van der Waals surface area contributed by atoms with Crippen LogP contribution in [0, 0.1) is 5.92 Å². The van der Waals surface area contributed by atoms with Crippen LogP contribution in [0.4, 0.5) is 0 Å². The molecule has 19 heavy (non-hydrogen) atoms. The van der Waals surface area contributed by atoms with Gasteiger partial charge in [-0.2, -0.15) is 0 Å². The number of pyridine rings is 1. The first-order valence-corrected chi connectivity index (χ1v) is 7.56. The molecule has 2 aromatic rings. The van der Waals surface area contributed by atoms with Crippen LogP contribution in [-0.4, -0.2) is 27.7 Å². The highest BCUT2D eigenvalue weighted by Gasteiger charge is 2.29. The number of aromatic nitrogens is 1. The number of carbonyl (C=O) groups excluding carboxylic acids is 1. The van der Waals surface area contributed by atoms with E-state index >= 15 is 0 Å². The van der Waals surface area contributed by atoms with Gasteiger partial charge in [-0.1, -0.05) is 40.2 Å². The third-order valence-corrected chi connectivity index (χ3v) is 4.53. The Labute approximate surface area is 120 Å². The maximum absolute atomic E-state index is 12.0. The number of carbonyl (C=O) groups is 1. The molecule has 0 saturated carbocycles. The Morgan fingerprint density at radius 2 is 2.16 bits per heavy atom. The highest BCUT2D eigenvalue weighted by molar-refractivity contribution is 9.09. The summed E-state index contributed by atoms with van der Waals surface area (Å²) < 4.78 is 0. The third kappa shape index (κ3) is 2.50. The first kappa shape index (κ1) is 12.6. The lowest BCUT2D eigenvalue weighted by atomic mass is 10.1. The summed E-state index contributed by atoms with van der Waals surface area (Å²) in [5.41, 5.74) is 0.988. The molecule has 1 unspecified atom stereocenters. The number of rotatable bonds is 3. The standard InChI is InChI=1S/C15H15BrN2O/c16-8-11-7-15(19)18(9-11)10-14-13-4-2-1-3-12(13)5-6-17-14/h1-6,11H,7-10H2. The van der Waals surface area contributed by atoms with E-state index in [9.17, 15) is 4.79 Å². The summed E-state index contributed by atoms with van der Waals surface area (Å²) in [4.78, 5) is 18.3. The Hall–Kier alpha value is -1.42. The van der Waals surface area contributed by atoms with Crippen molar-refractivity contribution in [3.05, 3.63) is 42.2 Å². The van der Waals surface area contributed by atoms with Gasteiger partial charge in [0.05, 0.1) is 12.2 Å². The largest absolute Gasteiger partial charge is 0.336 e. The molecule has 0 bridgehead atoms. The lowest BCUT2D eigenvalue weighted by molar-refractivity contribution is -0.128. The van der Waals surface area contributed by atoms with Gasteiger partial charge in [-0.05, 0) is 17.4 Å². The van der Waals surface area contributed by atoms with Crippen molar-refractivity contribution in [2.45, 2.75) is 13.0 Å². The quantitative estimate of drug-likeness (QED) is 0.815. The van der Waals surface area contributed by atoms with Gasteiger partial charge in [0.15, 0.2) is 0 Å². The number of fused-ring (bicyclic) bond motifs is 1. The van der Waals surface area contributed by atoms with E-state index in [1.165, 1.54) is 5.39 Å². The van der Waals surface area contributed by atoms with E-state index in [2.05, 4.69) is 33.0 Å². The normalized spacial score (nSPS) is 19.3. The minimum atomic E-state index is 0.235. The number of amides is 1. The number of halogens is 1. The average Bonchev–Trinajstić information content (AvgIpc) is 2.80. The van der Waals surface area contributed by atoms with Crippen LogP contribution in [0.15, 0.2) is 36.5 Å². The molecule has 1 amide bonds. The van der Waals surface area contributed by atoms with Crippen LogP contribution in [0.5, 0.6) is 0 Å². The highest BCUT2D eigenvalue weighted by atomic mass is 79.9. The molecule has 1 aliphatic heterocycles. The van der Waals surface area contributed by atoms with Crippen LogP contribution in [0.1, 0.15) is 12.1 Å². The first-order chi connectivity index (χ1) is 9.28. The lowest BCUT2D eigenvalue weighted by Crippen LogP contribution is -2.25. The second-order valence-corrected chi connectivity index (χ2v) is 5.62. The first-order valence-electron chi connectivity index (χ1n) is 6.44. The smallest absolute Gasteiger partial charge is 0.223 e. The molecule has 4 heteroatoms. The lowest BCUT2D eigenvalue weighted by Gasteiger charge is -2.16. The Kier molecular flexibility index (Phi) is 3.51. The highest BCUT2D eigenvalue weighted by Crippen LogP contribution is 2.23. The van der Waals surface area contributed by atoms with Crippen LogP contribution in [-0.2, 0) is 11.3 Å². The maximum Gasteiger partial charge on any atom is 0.223 e. The molecule has 1 aromatic carbocycles. The maximum atomic E-state index is 12.0. The zero-order chi connectivity index (χ0) is 13.2. The summed E-state index contributed by atoms with van der Waals surface area (Å²) in [5.74, 6) is 0.668. The molecule has 1 aliphatic rings. The summed E-state index contributed by atoms with van der Waals surface area (Å²) in [6, 6.07) is 10.2. The van der Waals surface area contributed by atoms with E-state index in [4.69, 9.17) is 0 Å². The number of likely N-dealkylation sites (tertiary alicyclic amines) is 1. The molecular formula is C15H15BrN2O. The predicted molar refractivity (Wildman–Crippen MR) is 79.1 cm³/mol. The number of nitrogens with zero attached hydrogens (tertiary/aromatic N) is 2. The van der Waals surface area contributed by atoms with Crippen LogP contribution in [0.25, 0.3) is 10.8 Å². The van der Waals surface area contributed by atoms with E-state index in [1.54, 1.807) is 0 Å². The van der Waals surface area contributed by atoms with E-state index in [0.29, 0.717) is 18.9 Å². The number of hydrogen-bond acceptors (Lipinski definition) is 2. The molecule has 1 atom stereocenters. The summed E-state index contributed by atoms with van der Waals surface area (Å²) in [5, 5.41) is 3.20. The molecule has 2 heterocycles. The third-order valence-electron chi connectivity index (χ3n) is 3.61. The molecule has 0 aliphatic carbocycles. The summed E-state index contributed by atoms with van der Waals surface area (Å²) in [7, 11) is 0. The second-order valence-electron chi connectivity index (χ2n) is 4.98. The number of benzene rings is 1. The zero-order valence-electron chi connectivity index (χ0n) is 10.6. The van der Waals surface area contributed by atoms with Crippen molar-refractivity contribution in [1.82, 2.24) is 9.88 Å². The molecule has 1 saturated heterocycles. The summed E-state index contributed by atoms with van der Waals surface area (Å²) in [6.45, 7) is 1.44. The van der Waals surface area contributed by atoms with Gasteiger partial charge in [0.2, 0.25) is 5.91 Å². The Balaban J connectivity index is 1.88. The number of alkyl halides is 1. The minimum absolute atomic E-state index is 0.235. The van der Waals surface area contributed by atoms with E-state index in [1.807, 2.05) is 29.3 Å². The van der Waals surface area contributed by atoms with E-state index in [0.717, 1.165) is 23.0 Å². The molecule has 1 aromatic heterocycles. The van der Waals surface area contributed by atoms with Gasteiger partial charge in [0.1, 0.15) is 0 Å². The molecular weight excluding hydrogens is 304 g/mol. The Morgan fingerprint density at radius 1 is 1.32 bits per heavy atom. The van der Waals surface area contributed by atoms with Gasteiger partial charge in [-0.3, -0.25) is 9.78 Å². The second kappa shape index (κ2) is 5.29. The van der Waals surface area contributed by atoms with Crippen molar-refractivity contribution in [2.24, 2.45) is 5.92 Å². The summed E-state index contributed by atoms with van der Waals surface area (Å²) in [6.07, 6.45) is 2.47. The number of hydrogen-bond donors (Lipinski definition) is 0. The molecule has 3 rings (SSSR count). The summed E-state index contributed by atoms with van der Waals surface area (Å²) >= 11 is 3.46. The van der Waals surface area contributed by atoms with Crippen molar-refractivity contribution in [1.29, 1.82) is 0 Å². The van der Waals surface area contributed by atoms with Gasteiger partial charge in [-0.25, -0.2) is 0 Å². The van der Waals surface area contributed by atoms with Gasteiger partial charge in [0.25, 0.3) is 0 Å². The van der Waals surface area contributed by atoms with Crippen LogP contribution in [0.2, 0.25) is 0 Å². The van der Waals surface area contributed by atoms with Crippen molar-refractivity contribution >= 4 is 32.6 Å². The Morgan fingerprint density at radius 3 is 2.95 bits per heavy atom. The van der Waals surface area contributed by atoms with Crippen molar-refractivity contribution in [3.63, 3.8) is 0 Å². The van der Waals surface area contributed by atoms with Crippen molar-refractivity contribution < 1.29 is 4.79 Å². The van der Waals surface area contributed by atoms with Gasteiger partial charge >= 0.3 is 0 Å².